The molecule has 7 heteroatoms. The molecular weight excluding hydrogens is 296 g/mol. The van der Waals surface area contributed by atoms with E-state index >= 15 is 0 Å². The van der Waals surface area contributed by atoms with Crippen LogP contribution in [0.1, 0.15) is 0 Å². The van der Waals surface area contributed by atoms with Crippen molar-refractivity contribution in [2.75, 3.05) is 11.9 Å². The molecule has 0 atom stereocenters. The van der Waals surface area contributed by atoms with Gasteiger partial charge in [0, 0.05) is 22.8 Å². The first kappa shape index (κ1) is 14.8. The van der Waals surface area contributed by atoms with Crippen LogP contribution in [-0.2, 0) is 4.79 Å². The Hall–Kier alpha value is -2.60. The summed E-state index contributed by atoms with van der Waals surface area (Å²) in [7, 11) is 0. The zero-order valence-corrected chi connectivity index (χ0v) is 11.5. The van der Waals surface area contributed by atoms with Gasteiger partial charge in [-0.3, -0.25) is 14.9 Å². The summed E-state index contributed by atoms with van der Waals surface area (Å²) in [5.74, 6) is 0.116. The maximum Gasteiger partial charge on any atom is 0.269 e. The highest BCUT2D eigenvalue weighted by molar-refractivity contribution is 6.30. The van der Waals surface area contributed by atoms with Crippen molar-refractivity contribution in [3.05, 3.63) is 63.7 Å². The van der Waals surface area contributed by atoms with Gasteiger partial charge in [-0.1, -0.05) is 17.7 Å². The van der Waals surface area contributed by atoms with Gasteiger partial charge >= 0.3 is 0 Å². The van der Waals surface area contributed by atoms with E-state index in [0.29, 0.717) is 16.5 Å². The van der Waals surface area contributed by atoms with Crippen molar-refractivity contribution in [1.82, 2.24) is 0 Å². The van der Waals surface area contributed by atoms with E-state index in [1.165, 1.54) is 24.3 Å². The molecule has 2 rings (SSSR count). The fraction of sp³-hybridized carbons (Fsp3) is 0.0714. The lowest BCUT2D eigenvalue weighted by Crippen LogP contribution is -2.20. The number of anilines is 1. The smallest absolute Gasteiger partial charge is 0.269 e. The summed E-state index contributed by atoms with van der Waals surface area (Å²) in [4.78, 5) is 21.7. The van der Waals surface area contributed by atoms with Crippen LogP contribution < -0.4 is 10.1 Å². The molecule has 1 N–H and O–H groups in total. The number of nitrogens with zero attached hydrogens (tertiary/aromatic N) is 1. The Kier molecular flexibility index (Phi) is 4.73. The molecular formula is C14H11ClN2O4. The number of carbonyl (C=O) groups excluding carboxylic acids is 1. The number of nitrogens with one attached hydrogen (secondary N) is 1. The van der Waals surface area contributed by atoms with Crippen LogP contribution in [0.25, 0.3) is 0 Å². The van der Waals surface area contributed by atoms with Gasteiger partial charge < -0.3 is 10.1 Å². The molecule has 0 spiro atoms. The number of ether oxygens (including phenoxy) is 1. The minimum Gasteiger partial charge on any atom is -0.484 e. The van der Waals surface area contributed by atoms with E-state index < -0.39 is 4.92 Å². The summed E-state index contributed by atoms with van der Waals surface area (Å²) < 4.78 is 5.28. The molecule has 0 aromatic heterocycles. The van der Waals surface area contributed by atoms with Crippen LogP contribution in [-0.4, -0.2) is 17.4 Å². The van der Waals surface area contributed by atoms with E-state index in [1.54, 1.807) is 24.3 Å². The third-order valence-electron chi connectivity index (χ3n) is 2.53. The van der Waals surface area contributed by atoms with Crippen molar-refractivity contribution in [3.63, 3.8) is 0 Å². The number of nitro benzene ring substituents is 1. The summed E-state index contributed by atoms with van der Waals surface area (Å²) in [5.41, 5.74) is 0.420. The molecule has 0 aliphatic heterocycles. The van der Waals surface area contributed by atoms with Crippen molar-refractivity contribution in [1.29, 1.82) is 0 Å². The van der Waals surface area contributed by atoms with Crippen LogP contribution in [0.15, 0.2) is 48.5 Å². The first-order valence-electron chi connectivity index (χ1n) is 5.97. The van der Waals surface area contributed by atoms with E-state index in [4.69, 9.17) is 16.3 Å². The predicted octanol–water partition coefficient (Wildman–Crippen LogP) is 3.27. The maximum atomic E-state index is 11.7. The van der Waals surface area contributed by atoms with Gasteiger partial charge in [0.15, 0.2) is 6.61 Å². The molecule has 2 aromatic carbocycles. The zero-order valence-electron chi connectivity index (χ0n) is 10.8. The second kappa shape index (κ2) is 6.71. The monoisotopic (exact) mass is 306 g/mol. The van der Waals surface area contributed by atoms with Crippen molar-refractivity contribution in [2.45, 2.75) is 0 Å². The second-order valence-electron chi connectivity index (χ2n) is 4.10. The van der Waals surface area contributed by atoms with Gasteiger partial charge in [0.05, 0.1) is 4.92 Å². The highest BCUT2D eigenvalue weighted by Gasteiger charge is 2.07. The van der Waals surface area contributed by atoms with Crippen molar-refractivity contribution >= 4 is 28.9 Å². The average molecular weight is 307 g/mol. The summed E-state index contributed by atoms with van der Waals surface area (Å²) in [5, 5.41) is 13.6. The Morgan fingerprint density at radius 1 is 1.24 bits per heavy atom. The van der Waals surface area contributed by atoms with E-state index in [1.807, 2.05) is 0 Å². The van der Waals surface area contributed by atoms with Gasteiger partial charge in [-0.15, -0.1) is 0 Å². The fourth-order valence-electron chi connectivity index (χ4n) is 1.57. The van der Waals surface area contributed by atoms with Gasteiger partial charge in [-0.25, -0.2) is 0 Å². The van der Waals surface area contributed by atoms with Crippen LogP contribution in [0.2, 0.25) is 5.02 Å². The SMILES string of the molecule is O=C(COc1cccc(Cl)c1)Nc1ccc([N+](=O)[O-])cc1. The minimum atomic E-state index is -0.506. The van der Waals surface area contributed by atoms with Gasteiger partial charge in [-0.05, 0) is 30.3 Å². The number of non-ortho nitro benzene ring substituents is 1. The van der Waals surface area contributed by atoms with Crippen molar-refractivity contribution in [2.24, 2.45) is 0 Å². The molecule has 108 valence electrons. The number of carbonyl (C=O) groups is 1. The topological polar surface area (TPSA) is 81.5 Å². The molecule has 0 heterocycles. The number of nitro groups is 1. The van der Waals surface area contributed by atoms with Gasteiger partial charge in [0.2, 0.25) is 0 Å². The van der Waals surface area contributed by atoms with Gasteiger partial charge in [0.1, 0.15) is 5.75 Å². The van der Waals surface area contributed by atoms with E-state index in [2.05, 4.69) is 5.32 Å². The zero-order chi connectivity index (χ0) is 15.2. The Bertz CT molecular complexity index is 658. The van der Waals surface area contributed by atoms with Crippen LogP contribution in [0.4, 0.5) is 11.4 Å². The number of benzene rings is 2. The molecule has 0 aliphatic carbocycles. The second-order valence-corrected chi connectivity index (χ2v) is 4.53. The normalized spacial score (nSPS) is 9.95. The third-order valence-corrected chi connectivity index (χ3v) is 2.76. The maximum absolute atomic E-state index is 11.7. The Morgan fingerprint density at radius 3 is 2.57 bits per heavy atom. The number of hydrogen-bond donors (Lipinski definition) is 1. The lowest BCUT2D eigenvalue weighted by atomic mass is 10.3. The molecule has 0 saturated heterocycles. The van der Waals surface area contributed by atoms with Crippen LogP contribution >= 0.6 is 11.6 Å². The average Bonchev–Trinajstić information content (AvgIpc) is 2.46. The van der Waals surface area contributed by atoms with Crippen LogP contribution in [0, 0.1) is 10.1 Å². The van der Waals surface area contributed by atoms with Gasteiger partial charge in [0.25, 0.3) is 11.6 Å². The van der Waals surface area contributed by atoms with Crippen molar-refractivity contribution in [3.8, 4) is 5.75 Å². The highest BCUT2D eigenvalue weighted by atomic mass is 35.5. The lowest BCUT2D eigenvalue weighted by molar-refractivity contribution is -0.384. The highest BCUT2D eigenvalue weighted by Crippen LogP contribution is 2.18. The molecule has 0 radical (unpaired) electrons. The molecule has 0 unspecified atom stereocenters. The summed E-state index contributed by atoms with van der Waals surface area (Å²) in [6.45, 7) is -0.183. The molecule has 0 saturated carbocycles. The quantitative estimate of drug-likeness (QED) is 0.679. The summed E-state index contributed by atoms with van der Waals surface area (Å²) in [6, 6.07) is 12.2. The van der Waals surface area contributed by atoms with E-state index in [-0.39, 0.29) is 18.2 Å². The largest absolute Gasteiger partial charge is 0.484 e. The van der Waals surface area contributed by atoms with E-state index in [0.717, 1.165) is 0 Å². The van der Waals surface area contributed by atoms with E-state index in [9.17, 15) is 14.9 Å². The minimum absolute atomic E-state index is 0.0387. The molecule has 21 heavy (non-hydrogen) atoms. The molecule has 0 fully saturated rings. The first-order valence-corrected chi connectivity index (χ1v) is 6.35. The Labute approximate surface area is 125 Å². The van der Waals surface area contributed by atoms with Crippen LogP contribution in [0.3, 0.4) is 0 Å². The van der Waals surface area contributed by atoms with Crippen molar-refractivity contribution < 1.29 is 14.5 Å². The van der Waals surface area contributed by atoms with Gasteiger partial charge in [-0.2, -0.15) is 0 Å². The summed E-state index contributed by atoms with van der Waals surface area (Å²) in [6.07, 6.45) is 0. The molecule has 6 nitrogen and oxygen atoms in total. The predicted molar refractivity (Wildman–Crippen MR) is 78.7 cm³/mol. The Morgan fingerprint density at radius 2 is 1.95 bits per heavy atom. The number of rotatable bonds is 5. The lowest BCUT2D eigenvalue weighted by Gasteiger charge is -2.07. The molecule has 1 amide bonds. The number of halogens is 1. The summed E-state index contributed by atoms with van der Waals surface area (Å²) >= 11 is 5.79. The molecule has 2 aromatic rings. The van der Waals surface area contributed by atoms with Crippen LogP contribution in [0.5, 0.6) is 5.75 Å². The standard InChI is InChI=1S/C14H11ClN2O4/c15-10-2-1-3-13(8-10)21-9-14(18)16-11-4-6-12(7-5-11)17(19)20/h1-8H,9H2,(H,16,18). The molecule has 0 bridgehead atoms. The number of amides is 1. The third kappa shape index (κ3) is 4.47. The Balaban J connectivity index is 1.88. The molecule has 0 aliphatic rings. The first-order chi connectivity index (χ1) is 10.0. The number of hydrogen-bond acceptors (Lipinski definition) is 4. The fourth-order valence-corrected chi connectivity index (χ4v) is 1.75.